The van der Waals surface area contributed by atoms with Crippen molar-refractivity contribution in [3.8, 4) is 0 Å². The van der Waals surface area contributed by atoms with Gasteiger partial charge in [0, 0.05) is 13.7 Å². The molecule has 0 spiro atoms. The van der Waals surface area contributed by atoms with Crippen LogP contribution in [-0.4, -0.2) is 25.9 Å². The number of hydrogen-bond acceptors (Lipinski definition) is 2. The van der Waals surface area contributed by atoms with Crippen LogP contribution in [0.15, 0.2) is 0 Å². The summed E-state index contributed by atoms with van der Waals surface area (Å²) in [7, 11) is 1.78. The Morgan fingerprint density at radius 3 is 2.58 bits per heavy atom. The van der Waals surface area contributed by atoms with E-state index in [0.717, 1.165) is 13.0 Å². The van der Waals surface area contributed by atoms with E-state index in [1.807, 2.05) is 0 Å². The molecule has 0 aromatic rings. The van der Waals surface area contributed by atoms with E-state index in [0.29, 0.717) is 24.0 Å². The Bertz CT molecular complexity index is 134. The summed E-state index contributed by atoms with van der Waals surface area (Å²) in [5, 5.41) is 0. The molecule has 4 atom stereocenters. The average molecular weight is 172 g/mol. The molecule has 4 unspecified atom stereocenters. The largest absolute Gasteiger partial charge is 0.378 e. The van der Waals surface area contributed by atoms with Crippen molar-refractivity contribution in [2.75, 3.05) is 13.7 Å². The van der Waals surface area contributed by atoms with E-state index >= 15 is 0 Å². The number of methoxy groups -OCH3 is 1. The van der Waals surface area contributed by atoms with Crippen molar-refractivity contribution in [3.63, 3.8) is 0 Å². The predicted octanol–water partition coefficient (Wildman–Crippen LogP) is 2.08. The number of rotatable bonds is 2. The van der Waals surface area contributed by atoms with Gasteiger partial charge >= 0.3 is 0 Å². The zero-order chi connectivity index (χ0) is 9.14. The summed E-state index contributed by atoms with van der Waals surface area (Å²) in [5.41, 5.74) is 0. The normalized spacial score (nSPS) is 43.0. The highest BCUT2D eigenvalue weighted by molar-refractivity contribution is 4.82. The summed E-state index contributed by atoms with van der Waals surface area (Å²) in [6.45, 7) is 7.52. The van der Waals surface area contributed by atoms with E-state index < -0.39 is 0 Å². The maximum absolute atomic E-state index is 5.69. The van der Waals surface area contributed by atoms with Gasteiger partial charge in [-0.15, -0.1) is 0 Å². The minimum atomic E-state index is 0.291. The van der Waals surface area contributed by atoms with Gasteiger partial charge < -0.3 is 9.47 Å². The molecule has 0 amide bonds. The van der Waals surface area contributed by atoms with Crippen molar-refractivity contribution in [3.05, 3.63) is 0 Å². The third kappa shape index (κ3) is 1.80. The molecule has 0 aromatic heterocycles. The van der Waals surface area contributed by atoms with E-state index in [9.17, 15) is 0 Å². The van der Waals surface area contributed by atoms with Crippen LogP contribution in [0.4, 0.5) is 0 Å². The smallest absolute Gasteiger partial charge is 0.0861 e. The van der Waals surface area contributed by atoms with Crippen molar-refractivity contribution < 1.29 is 9.47 Å². The first-order chi connectivity index (χ1) is 5.70. The van der Waals surface area contributed by atoms with Crippen LogP contribution in [0, 0.1) is 11.8 Å². The Labute approximate surface area is 75.2 Å². The summed E-state index contributed by atoms with van der Waals surface area (Å²) in [6, 6.07) is 0. The molecule has 1 rings (SSSR count). The first-order valence-corrected chi connectivity index (χ1v) is 4.85. The Hall–Kier alpha value is -0.0800. The zero-order valence-corrected chi connectivity index (χ0v) is 8.54. The van der Waals surface area contributed by atoms with Crippen molar-refractivity contribution in [1.82, 2.24) is 0 Å². The Kier molecular flexibility index (Phi) is 3.53. The molecule has 0 aliphatic carbocycles. The topological polar surface area (TPSA) is 18.5 Å². The quantitative estimate of drug-likeness (QED) is 0.635. The molecule has 1 heterocycles. The van der Waals surface area contributed by atoms with Crippen LogP contribution in [0.2, 0.25) is 0 Å². The molecule has 0 radical (unpaired) electrons. The van der Waals surface area contributed by atoms with Gasteiger partial charge in [-0.1, -0.05) is 20.8 Å². The van der Waals surface area contributed by atoms with Gasteiger partial charge in [0.15, 0.2) is 0 Å². The van der Waals surface area contributed by atoms with Gasteiger partial charge in [0.1, 0.15) is 0 Å². The third-order valence-corrected chi connectivity index (χ3v) is 3.03. The van der Waals surface area contributed by atoms with Gasteiger partial charge in [-0.2, -0.15) is 0 Å². The Balaban J connectivity index is 2.58. The molecule has 12 heavy (non-hydrogen) atoms. The highest BCUT2D eigenvalue weighted by atomic mass is 16.5. The van der Waals surface area contributed by atoms with Crippen LogP contribution >= 0.6 is 0 Å². The van der Waals surface area contributed by atoms with Crippen molar-refractivity contribution in [1.29, 1.82) is 0 Å². The predicted molar refractivity (Wildman–Crippen MR) is 49.2 cm³/mol. The molecular weight excluding hydrogens is 152 g/mol. The summed E-state index contributed by atoms with van der Waals surface area (Å²) in [4.78, 5) is 0. The molecule has 1 saturated heterocycles. The molecule has 0 saturated carbocycles. The molecule has 0 N–H and O–H groups in total. The average Bonchev–Trinajstić information content (AvgIpc) is 2.09. The van der Waals surface area contributed by atoms with Crippen LogP contribution < -0.4 is 0 Å². The Morgan fingerprint density at radius 1 is 1.42 bits per heavy atom. The van der Waals surface area contributed by atoms with Gasteiger partial charge in [0.05, 0.1) is 12.2 Å². The van der Waals surface area contributed by atoms with E-state index in [4.69, 9.17) is 9.47 Å². The van der Waals surface area contributed by atoms with Crippen LogP contribution in [0.25, 0.3) is 0 Å². The van der Waals surface area contributed by atoms with Crippen LogP contribution in [0.1, 0.15) is 27.2 Å². The Morgan fingerprint density at radius 2 is 2.08 bits per heavy atom. The van der Waals surface area contributed by atoms with Crippen LogP contribution in [0.5, 0.6) is 0 Å². The van der Waals surface area contributed by atoms with Crippen molar-refractivity contribution in [2.45, 2.75) is 39.4 Å². The van der Waals surface area contributed by atoms with Crippen molar-refractivity contribution >= 4 is 0 Å². The summed E-state index contributed by atoms with van der Waals surface area (Å²) in [5.74, 6) is 1.24. The molecule has 72 valence electrons. The lowest BCUT2D eigenvalue weighted by atomic mass is 9.85. The van der Waals surface area contributed by atoms with Crippen LogP contribution in [-0.2, 0) is 9.47 Å². The van der Waals surface area contributed by atoms with Gasteiger partial charge in [-0.05, 0) is 18.3 Å². The molecule has 2 nitrogen and oxygen atoms in total. The zero-order valence-electron chi connectivity index (χ0n) is 8.54. The first-order valence-electron chi connectivity index (χ1n) is 4.85. The second-order valence-electron chi connectivity index (χ2n) is 3.82. The molecule has 1 aliphatic rings. The van der Waals surface area contributed by atoms with Gasteiger partial charge in [-0.3, -0.25) is 0 Å². The molecule has 0 aromatic carbocycles. The fourth-order valence-electron chi connectivity index (χ4n) is 1.90. The minimum Gasteiger partial charge on any atom is -0.378 e. The fraction of sp³-hybridized carbons (Fsp3) is 1.00. The minimum absolute atomic E-state index is 0.291. The number of ether oxygens (including phenoxy) is 2. The SMILES string of the molecule is CCC1OCC(C)C(C)C1OC. The van der Waals surface area contributed by atoms with Gasteiger partial charge in [-0.25, -0.2) is 0 Å². The van der Waals surface area contributed by atoms with E-state index in [1.54, 1.807) is 7.11 Å². The van der Waals surface area contributed by atoms with Crippen LogP contribution in [0.3, 0.4) is 0 Å². The second-order valence-corrected chi connectivity index (χ2v) is 3.82. The first kappa shape index (κ1) is 10.0. The highest BCUT2D eigenvalue weighted by Crippen LogP contribution is 2.28. The van der Waals surface area contributed by atoms with Gasteiger partial charge in [0.25, 0.3) is 0 Å². The van der Waals surface area contributed by atoms with Crippen molar-refractivity contribution in [2.24, 2.45) is 11.8 Å². The molecule has 2 heteroatoms. The van der Waals surface area contributed by atoms with E-state index in [2.05, 4.69) is 20.8 Å². The van der Waals surface area contributed by atoms with E-state index in [1.165, 1.54) is 0 Å². The lowest BCUT2D eigenvalue weighted by Crippen LogP contribution is -2.45. The molecule has 0 bridgehead atoms. The highest BCUT2D eigenvalue weighted by Gasteiger charge is 2.34. The lowest BCUT2D eigenvalue weighted by Gasteiger charge is -2.39. The fourth-order valence-corrected chi connectivity index (χ4v) is 1.90. The standard InChI is InChI=1S/C10H20O2/c1-5-9-10(11-4)8(3)7(2)6-12-9/h7-10H,5-6H2,1-4H3. The summed E-state index contributed by atoms with van der Waals surface area (Å²) < 4.78 is 11.1. The lowest BCUT2D eigenvalue weighted by molar-refractivity contribution is -0.139. The molecule has 1 aliphatic heterocycles. The third-order valence-electron chi connectivity index (χ3n) is 3.03. The monoisotopic (exact) mass is 172 g/mol. The molecule has 1 fully saturated rings. The molecular formula is C10H20O2. The second kappa shape index (κ2) is 4.24. The van der Waals surface area contributed by atoms with Gasteiger partial charge in [0.2, 0.25) is 0 Å². The maximum Gasteiger partial charge on any atom is 0.0861 e. The maximum atomic E-state index is 5.69. The summed E-state index contributed by atoms with van der Waals surface area (Å²) >= 11 is 0. The summed E-state index contributed by atoms with van der Waals surface area (Å²) in [6.07, 6.45) is 1.65. The van der Waals surface area contributed by atoms with E-state index in [-0.39, 0.29) is 0 Å². The number of hydrogen-bond donors (Lipinski definition) is 0.